The van der Waals surface area contributed by atoms with Crippen LogP contribution in [0.3, 0.4) is 0 Å². The summed E-state index contributed by atoms with van der Waals surface area (Å²) in [5, 5.41) is 8.72. The summed E-state index contributed by atoms with van der Waals surface area (Å²) in [6.07, 6.45) is 1.51. The summed E-state index contributed by atoms with van der Waals surface area (Å²) >= 11 is 0. The minimum absolute atomic E-state index is 0.00106. The molecule has 0 unspecified atom stereocenters. The van der Waals surface area contributed by atoms with E-state index in [1.54, 1.807) is 11.8 Å². The van der Waals surface area contributed by atoms with E-state index >= 15 is 0 Å². The van der Waals surface area contributed by atoms with E-state index in [0.717, 1.165) is 12.8 Å². The Hall–Kier alpha value is -1.66. The van der Waals surface area contributed by atoms with Crippen molar-refractivity contribution >= 4 is 11.6 Å². The SMILES string of the molecule is Cc1c(N)cc(C(=O)N2CCC(OCCO)CC2)cc1F. The van der Waals surface area contributed by atoms with Gasteiger partial charge in [0.1, 0.15) is 5.82 Å². The van der Waals surface area contributed by atoms with E-state index in [0.29, 0.717) is 30.9 Å². The number of carbonyl (C=O) groups excluding carboxylic acids is 1. The van der Waals surface area contributed by atoms with Crippen LogP contribution < -0.4 is 5.73 Å². The van der Waals surface area contributed by atoms with Gasteiger partial charge in [-0.2, -0.15) is 0 Å². The molecular weight excluding hydrogens is 275 g/mol. The molecule has 0 radical (unpaired) electrons. The molecule has 0 saturated carbocycles. The lowest BCUT2D eigenvalue weighted by atomic mass is 10.0. The minimum atomic E-state index is -0.459. The summed E-state index contributed by atoms with van der Waals surface area (Å²) in [7, 11) is 0. The second-order valence-corrected chi connectivity index (χ2v) is 5.26. The van der Waals surface area contributed by atoms with Crippen LogP contribution in [0.5, 0.6) is 0 Å². The highest BCUT2D eigenvalue weighted by atomic mass is 19.1. The Kier molecular flexibility index (Phi) is 5.14. The third kappa shape index (κ3) is 3.71. The quantitative estimate of drug-likeness (QED) is 0.822. The Morgan fingerprint density at radius 2 is 2.14 bits per heavy atom. The van der Waals surface area contributed by atoms with Crippen LogP contribution in [-0.2, 0) is 4.74 Å². The standard InChI is InChI=1S/C15H21FN2O3/c1-10-13(16)8-11(9-14(10)17)15(20)18-4-2-12(3-5-18)21-7-6-19/h8-9,12,19H,2-7,17H2,1H3. The third-order valence-corrected chi connectivity index (χ3v) is 3.81. The molecular formula is C15H21FN2O3. The Balaban J connectivity index is 1.99. The first-order chi connectivity index (χ1) is 10.0. The molecule has 1 saturated heterocycles. The van der Waals surface area contributed by atoms with Gasteiger partial charge in [-0.25, -0.2) is 4.39 Å². The lowest BCUT2D eigenvalue weighted by molar-refractivity contribution is -0.00554. The minimum Gasteiger partial charge on any atom is -0.398 e. The van der Waals surface area contributed by atoms with Gasteiger partial charge in [0.25, 0.3) is 5.91 Å². The fraction of sp³-hybridized carbons (Fsp3) is 0.533. The van der Waals surface area contributed by atoms with Crippen LogP contribution in [0.4, 0.5) is 10.1 Å². The highest BCUT2D eigenvalue weighted by Crippen LogP contribution is 2.21. The van der Waals surface area contributed by atoms with Gasteiger partial charge >= 0.3 is 0 Å². The smallest absolute Gasteiger partial charge is 0.254 e. The van der Waals surface area contributed by atoms with Crippen molar-refractivity contribution in [2.24, 2.45) is 0 Å². The topological polar surface area (TPSA) is 75.8 Å². The van der Waals surface area contributed by atoms with Gasteiger partial charge in [0.05, 0.1) is 19.3 Å². The van der Waals surface area contributed by atoms with E-state index in [1.807, 2.05) is 0 Å². The molecule has 1 amide bonds. The van der Waals surface area contributed by atoms with Crippen LogP contribution in [0, 0.1) is 12.7 Å². The lowest BCUT2D eigenvalue weighted by Gasteiger charge is -2.32. The number of aliphatic hydroxyl groups excluding tert-OH is 1. The number of aliphatic hydroxyl groups is 1. The normalized spacial score (nSPS) is 16.2. The molecule has 1 aliphatic heterocycles. The molecule has 0 bridgehead atoms. The van der Waals surface area contributed by atoms with Crippen LogP contribution in [0.2, 0.25) is 0 Å². The number of halogens is 1. The van der Waals surface area contributed by atoms with Gasteiger partial charge in [-0.3, -0.25) is 4.79 Å². The van der Waals surface area contributed by atoms with Gasteiger partial charge < -0.3 is 20.5 Å². The van der Waals surface area contributed by atoms with Gasteiger partial charge in [0.15, 0.2) is 0 Å². The number of likely N-dealkylation sites (tertiary alicyclic amines) is 1. The summed E-state index contributed by atoms with van der Waals surface area (Å²) in [5.41, 5.74) is 6.65. The van der Waals surface area contributed by atoms with E-state index in [-0.39, 0.29) is 24.2 Å². The number of benzene rings is 1. The Labute approximate surface area is 123 Å². The second kappa shape index (κ2) is 6.87. The van der Waals surface area contributed by atoms with Gasteiger partial charge in [0, 0.05) is 29.9 Å². The number of nitrogen functional groups attached to an aromatic ring is 1. The lowest BCUT2D eigenvalue weighted by Crippen LogP contribution is -2.41. The number of piperidine rings is 1. The molecule has 3 N–H and O–H groups in total. The summed E-state index contributed by atoms with van der Waals surface area (Å²) in [6.45, 7) is 3.02. The Bertz CT molecular complexity index is 491. The number of rotatable bonds is 4. The van der Waals surface area contributed by atoms with Crippen LogP contribution in [0.1, 0.15) is 28.8 Å². The predicted octanol–water partition coefficient (Wildman–Crippen LogP) is 1.33. The summed E-state index contributed by atoms with van der Waals surface area (Å²) < 4.78 is 19.1. The summed E-state index contributed by atoms with van der Waals surface area (Å²) in [4.78, 5) is 14.0. The van der Waals surface area contributed by atoms with Crippen molar-refractivity contribution in [2.75, 3.05) is 32.0 Å². The molecule has 21 heavy (non-hydrogen) atoms. The molecule has 0 aromatic heterocycles. The number of hydrogen-bond donors (Lipinski definition) is 2. The van der Waals surface area contributed by atoms with Crippen LogP contribution in [0.15, 0.2) is 12.1 Å². The van der Waals surface area contributed by atoms with Crippen LogP contribution >= 0.6 is 0 Å². The van der Waals surface area contributed by atoms with Gasteiger partial charge in [0.2, 0.25) is 0 Å². The second-order valence-electron chi connectivity index (χ2n) is 5.26. The molecule has 116 valence electrons. The largest absolute Gasteiger partial charge is 0.398 e. The monoisotopic (exact) mass is 296 g/mol. The zero-order valence-electron chi connectivity index (χ0n) is 12.1. The molecule has 1 fully saturated rings. The van der Waals surface area contributed by atoms with E-state index in [9.17, 15) is 9.18 Å². The molecule has 1 aromatic carbocycles. The van der Waals surface area contributed by atoms with Gasteiger partial charge in [-0.05, 0) is 31.9 Å². The first-order valence-electron chi connectivity index (χ1n) is 7.10. The number of carbonyl (C=O) groups is 1. The highest BCUT2D eigenvalue weighted by Gasteiger charge is 2.24. The Morgan fingerprint density at radius 1 is 1.48 bits per heavy atom. The highest BCUT2D eigenvalue weighted by molar-refractivity contribution is 5.95. The average molecular weight is 296 g/mol. The molecule has 0 atom stereocenters. The molecule has 5 nitrogen and oxygen atoms in total. The number of nitrogens with two attached hydrogens (primary N) is 1. The van der Waals surface area contributed by atoms with Crippen LogP contribution in [0.25, 0.3) is 0 Å². The van der Waals surface area contributed by atoms with E-state index < -0.39 is 5.82 Å². The maximum absolute atomic E-state index is 13.7. The zero-order valence-corrected chi connectivity index (χ0v) is 12.1. The molecule has 2 rings (SSSR count). The maximum atomic E-state index is 13.7. The van der Waals surface area contributed by atoms with Crippen molar-refractivity contribution in [1.82, 2.24) is 4.90 Å². The summed E-state index contributed by atoms with van der Waals surface area (Å²) in [6, 6.07) is 2.76. The predicted molar refractivity (Wildman–Crippen MR) is 77.5 cm³/mol. The van der Waals surface area contributed by atoms with Crippen molar-refractivity contribution in [3.8, 4) is 0 Å². The number of hydrogen-bond acceptors (Lipinski definition) is 4. The zero-order chi connectivity index (χ0) is 15.4. The van der Waals surface area contributed by atoms with Crippen molar-refractivity contribution in [1.29, 1.82) is 0 Å². The number of amides is 1. The van der Waals surface area contributed by atoms with Crippen molar-refractivity contribution < 1.29 is 19.0 Å². The number of anilines is 1. The molecule has 6 heteroatoms. The maximum Gasteiger partial charge on any atom is 0.254 e. The van der Waals surface area contributed by atoms with Crippen molar-refractivity contribution in [2.45, 2.75) is 25.9 Å². The summed E-state index contributed by atoms with van der Waals surface area (Å²) in [5.74, 6) is -0.666. The molecule has 0 spiro atoms. The molecule has 1 aromatic rings. The van der Waals surface area contributed by atoms with Crippen molar-refractivity contribution in [3.63, 3.8) is 0 Å². The van der Waals surface area contributed by atoms with Gasteiger partial charge in [-0.15, -0.1) is 0 Å². The number of ether oxygens (including phenoxy) is 1. The first kappa shape index (κ1) is 15.7. The molecule has 1 aliphatic rings. The van der Waals surface area contributed by atoms with E-state index in [1.165, 1.54) is 12.1 Å². The molecule has 1 heterocycles. The fourth-order valence-electron chi connectivity index (χ4n) is 2.45. The van der Waals surface area contributed by atoms with Crippen molar-refractivity contribution in [3.05, 3.63) is 29.1 Å². The van der Waals surface area contributed by atoms with Crippen LogP contribution in [-0.4, -0.2) is 48.3 Å². The van der Waals surface area contributed by atoms with E-state index in [2.05, 4.69) is 0 Å². The van der Waals surface area contributed by atoms with Gasteiger partial charge in [-0.1, -0.05) is 0 Å². The average Bonchev–Trinajstić information content (AvgIpc) is 2.50. The van der Waals surface area contributed by atoms with E-state index in [4.69, 9.17) is 15.6 Å². The molecule has 0 aliphatic carbocycles. The number of nitrogens with zero attached hydrogens (tertiary/aromatic N) is 1. The fourth-order valence-corrected chi connectivity index (χ4v) is 2.45. The first-order valence-corrected chi connectivity index (χ1v) is 7.10. The Morgan fingerprint density at radius 3 is 2.71 bits per heavy atom. The third-order valence-electron chi connectivity index (χ3n) is 3.81.